The Hall–Kier alpha value is -4.40. The number of benzene rings is 3. The molecule has 0 spiro atoms. The lowest BCUT2D eigenvalue weighted by Gasteiger charge is -2.43. The van der Waals surface area contributed by atoms with Gasteiger partial charge in [-0.1, -0.05) is 18.6 Å². The molecule has 1 heterocycles. The summed E-state index contributed by atoms with van der Waals surface area (Å²) in [6, 6.07) is 13.7. The van der Waals surface area contributed by atoms with Gasteiger partial charge in [-0.05, 0) is 79.8 Å². The summed E-state index contributed by atoms with van der Waals surface area (Å²) in [5, 5.41) is 23.2. The van der Waals surface area contributed by atoms with Gasteiger partial charge >= 0.3 is 12.1 Å². The van der Waals surface area contributed by atoms with E-state index in [1.807, 2.05) is 4.57 Å². The van der Waals surface area contributed by atoms with Gasteiger partial charge in [-0.15, -0.1) is 0 Å². The van der Waals surface area contributed by atoms with Crippen molar-refractivity contribution in [1.82, 2.24) is 9.88 Å². The van der Waals surface area contributed by atoms with Crippen LogP contribution in [0, 0.1) is 18.6 Å². The van der Waals surface area contributed by atoms with E-state index in [1.165, 1.54) is 31.3 Å². The maximum atomic E-state index is 14.8. The van der Waals surface area contributed by atoms with Gasteiger partial charge in [-0.3, -0.25) is 0 Å². The van der Waals surface area contributed by atoms with Crippen molar-refractivity contribution in [2.75, 3.05) is 13.7 Å². The highest BCUT2D eigenvalue weighted by Gasteiger charge is 2.44. The number of carbonyl (C=O) groups excluding carboxylic acids is 1. The predicted molar refractivity (Wildman–Crippen MR) is 143 cm³/mol. The number of carbonyl (C=O) groups is 2. The monoisotopic (exact) mass is 534 g/mol. The largest absolute Gasteiger partial charge is 0.504 e. The van der Waals surface area contributed by atoms with Gasteiger partial charge in [-0.25, -0.2) is 18.4 Å². The third-order valence-electron chi connectivity index (χ3n) is 7.71. The molecule has 3 N–H and O–H groups in total. The summed E-state index contributed by atoms with van der Waals surface area (Å²) >= 11 is 0. The van der Waals surface area contributed by atoms with Crippen LogP contribution in [0.4, 0.5) is 13.6 Å². The number of carboxylic acids is 1. The first kappa shape index (κ1) is 26.2. The second-order valence-electron chi connectivity index (χ2n) is 9.93. The Kier molecular flexibility index (Phi) is 6.76. The first-order chi connectivity index (χ1) is 18.7. The van der Waals surface area contributed by atoms with E-state index >= 15 is 0 Å². The number of aromatic nitrogens is 1. The van der Waals surface area contributed by atoms with Crippen molar-refractivity contribution in [2.24, 2.45) is 0 Å². The number of halogens is 2. The number of rotatable bonds is 7. The first-order valence-electron chi connectivity index (χ1n) is 12.7. The van der Waals surface area contributed by atoms with Crippen LogP contribution in [0.25, 0.3) is 27.7 Å². The van der Waals surface area contributed by atoms with E-state index < -0.39 is 29.0 Å². The first-order valence-corrected chi connectivity index (χ1v) is 12.7. The zero-order chi connectivity index (χ0) is 27.9. The number of nitrogens with zero attached hydrogens (tertiary/aromatic N) is 1. The molecule has 1 saturated carbocycles. The van der Waals surface area contributed by atoms with Gasteiger partial charge in [0, 0.05) is 29.4 Å². The number of carboxylic acid groups (broad SMARTS) is 1. The molecule has 1 aromatic heterocycles. The second-order valence-corrected chi connectivity index (χ2v) is 9.93. The van der Waals surface area contributed by atoms with Crippen LogP contribution in [0.5, 0.6) is 5.75 Å². The maximum absolute atomic E-state index is 14.8. The Bertz CT molecular complexity index is 1590. The van der Waals surface area contributed by atoms with Crippen molar-refractivity contribution in [3.63, 3.8) is 0 Å². The number of aryl methyl sites for hydroxylation is 1. The van der Waals surface area contributed by atoms with E-state index in [0.717, 1.165) is 25.0 Å². The molecule has 3 aromatic carbocycles. The molecular weight excluding hydrogens is 506 g/mol. The van der Waals surface area contributed by atoms with Gasteiger partial charge in [0.1, 0.15) is 5.82 Å². The number of aromatic hydroxyl groups is 1. The molecule has 0 aliphatic heterocycles. The number of nitrogens with one attached hydrogen (secondary N) is 1. The molecule has 0 bridgehead atoms. The minimum absolute atomic E-state index is 0.0888. The Labute approximate surface area is 223 Å². The maximum Gasteiger partial charge on any atom is 0.406 e. The predicted octanol–water partition coefficient (Wildman–Crippen LogP) is 6.46. The number of phenols is 1. The van der Waals surface area contributed by atoms with Crippen LogP contribution < -0.4 is 5.32 Å². The molecule has 202 valence electrons. The second kappa shape index (κ2) is 10.1. The SMILES string of the molecule is CNC(=O)OCCC1(c2c(-c3ccc(C(=O)O)cc3)c3c(O)c(F)ccc3n2-c2ccc(F)c(C)c2)CCC1. The van der Waals surface area contributed by atoms with Crippen LogP contribution in [0.1, 0.15) is 47.3 Å². The molecule has 7 nitrogen and oxygen atoms in total. The fraction of sp³-hybridized carbons (Fsp3) is 0.267. The lowest BCUT2D eigenvalue weighted by molar-refractivity contribution is 0.0696. The van der Waals surface area contributed by atoms with Crippen molar-refractivity contribution in [3.8, 4) is 22.6 Å². The molecule has 1 aliphatic rings. The van der Waals surface area contributed by atoms with Gasteiger partial charge in [-0.2, -0.15) is 0 Å². The van der Waals surface area contributed by atoms with E-state index in [4.69, 9.17) is 4.74 Å². The highest BCUT2D eigenvalue weighted by atomic mass is 19.1. The van der Waals surface area contributed by atoms with Gasteiger partial charge < -0.3 is 24.8 Å². The molecular formula is C30H28F2N2O5. The van der Waals surface area contributed by atoms with Gasteiger partial charge in [0.25, 0.3) is 0 Å². The number of aromatic carboxylic acids is 1. The topological polar surface area (TPSA) is 101 Å². The van der Waals surface area contributed by atoms with Crippen molar-refractivity contribution in [3.05, 3.63) is 83.1 Å². The zero-order valence-corrected chi connectivity index (χ0v) is 21.6. The molecule has 4 aromatic rings. The van der Waals surface area contributed by atoms with Crippen LogP contribution in [0.3, 0.4) is 0 Å². The summed E-state index contributed by atoms with van der Waals surface area (Å²) in [6.45, 7) is 1.78. The summed E-state index contributed by atoms with van der Waals surface area (Å²) in [7, 11) is 1.48. The molecule has 0 radical (unpaired) electrons. The number of hydrogen-bond acceptors (Lipinski definition) is 4. The quantitative estimate of drug-likeness (QED) is 0.253. The number of hydrogen-bond donors (Lipinski definition) is 3. The molecule has 5 rings (SSSR count). The van der Waals surface area contributed by atoms with Crippen molar-refractivity contribution >= 4 is 23.0 Å². The van der Waals surface area contributed by atoms with Gasteiger partial charge in [0.15, 0.2) is 11.6 Å². The minimum atomic E-state index is -1.08. The van der Waals surface area contributed by atoms with Crippen molar-refractivity contribution in [2.45, 2.75) is 38.0 Å². The molecule has 1 aliphatic carbocycles. The van der Waals surface area contributed by atoms with Crippen molar-refractivity contribution in [1.29, 1.82) is 0 Å². The molecule has 0 unspecified atom stereocenters. The molecule has 0 atom stereocenters. The lowest BCUT2D eigenvalue weighted by Crippen LogP contribution is -2.38. The summed E-state index contributed by atoms with van der Waals surface area (Å²) in [5.74, 6) is -2.77. The van der Waals surface area contributed by atoms with Crippen LogP contribution in [-0.2, 0) is 10.2 Å². The summed E-state index contributed by atoms with van der Waals surface area (Å²) < 4.78 is 36.4. The fourth-order valence-corrected chi connectivity index (χ4v) is 5.56. The summed E-state index contributed by atoms with van der Waals surface area (Å²) in [4.78, 5) is 23.3. The van der Waals surface area contributed by atoms with E-state index in [-0.39, 0.29) is 23.4 Å². The summed E-state index contributed by atoms with van der Waals surface area (Å²) in [5.41, 5.74) is 3.06. The number of ether oxygens (including phenoxy) is 1. The summed E-state index contributed by atoms with van der Waals surface area (Å²) in [6.07, 6.45) is 2.29. The minimum Gasteiger partial charge on any atom is -0.504 e. The molecule has 39 heavy (non-hydrogen) atoms. The Morgan fingerprint density at radius 2 is 1.74 bits per heavy atom. The Morgan fingerprint density at radius 3 is 2.33 bits per heavy atom. The van der Waals surface area contributed by atoms with E-state index in [9.17, 15) is 28.6 Å². The van der Waals surface area contributed by atoms with Crippen LogP contribution in [0.15, 0.2) is 54.6 Å². The van der Waals surface area contributed by atoms with E-state index in [2.05, 4.69) is 5.32 Å². The molecule has 1 fully saturated rings. The highest BCUT2D eigenvalue weighted by Crippen LogP contribution is 2.54. The lowest BCUT2D eigenvalue weighted by atomic mass is 9.63. The molecule has 9 heteroatoms. The number of alkyl carbamates (subject to hydrolysis) is 1. The molecule has 0 saturated heterocycles. The number of amides is 1. The molecule has 1 amide bonds. The van der Waals surface area contributed by atoms with Gasteiger partial charge in [0.2, 0.25) is 0 Å². The standard InChI is InChI=1S/C30H28F2N2O5/c1-17-16-20(8-9-21(17)31)34-23-11-10-22(32)26(35)25(23)24(18-4-6-19(7-5-18)28(36)37)27(34)30(12-3-13-30)14-15-39-29(38)33-2/h4-11,16,35H,3,12-15H2,1-2H3,(H,33,38)(H,36,37). The number of phenolic OH excluding ortho intramolecular Hbond substituents is 1. The number of fused-ring (bicyclic) bond motifs is 1. The van der Waals surface area contributed by atoms with Gasteiger partial charge in [0.05, 0.1) is 23.1 Å². The Balaban J connectivity index is 1.84. The van der Waals surface area contributed by atoms with Crippen LogP contribution in [-0.4, -0.2) is 40.5 Å². The fourth-order valence-electron chi connectivity index (χ4n) is 5.56. The highest BCUT2D eigenvalue weighted by molar-refractivity contribution is 6.04. The third kappa shape index (κ3) is 4.47. The normalized spacial score (nSPS) is 14.2. The third-order valence-corrected chi connectivity index (χ3v) is 7.71. The van der Waals surface area contributed by atoms with Crippen LogP contribution >= 0.6 is 0 Å². The Morgan fingerprint density at radius 1 is 1.05 bits per heavy atom. The van der Waals surface area contributed by atoms with Crippen molar-refractivity contribution < 1.29 is 33.3 Å². The smallest absolute Gasteiger partial charge is 0.406 e. The van der Waals surface area contributed by atoms with Crippen LogP contribution in [0.2, 0.25) is 0 Å². The van der Waals surface area contributed by atoms with E-state index in [1.54, 1.807) is 37.3 Å². The average molecular weight is 535 g/mol. The zero-order valence-electron chi connectivity index (χ0n) is 21.6. The average Bonchev–Trinajstić information content (AvgIpc) is 3.25. The van der Waals surface area contributed by atoms with E-state index in [0.29, 0.717) is 34.3 Å².